The number of pyridine rings is 1. The lowest BCUT2D eigenvalue weighted by Gasteiger charge is -2.34. The Labute approximate surface area is 408 Å². The number of rotatable bonds is 11. The summed E-state index contributed by atoms with van der Waals surface area (Å²) < 4.78 is 13.4. The molecule has 0 amide bonds. The zero-order valence-electron chi connectivity index (χ0n) is 37.1. The van der Waals surface area contributed by atoms with E-state index in [0.29, 0.717) is 17.8 Å². The number of fused-ring (bicyclic) bond motifs is 3. The van der Waals surface area contributed by atoms with Crippen molar-refractivity contribution in [3.05, 3.63) is 69.7 Å². The Morgan fingerprint density at radius 3 is 1.74 bits per heavy atom. The Morgan fingerprint density at radius 2 is 1.25 bits per heavy atom. The van der Waals surface area contributed by atoms with Crippen molar-refractivity contribution < 1.29 is 40.4 Å². The van der Waals surface area contributed by atoms with E-state index in [1.807, 2.05) is 30.5 Å². The summed E-state index contributed by atoms with van der Waals surface area (Å²) in [5, 5.41) is 35.0. The number of aromatic nitrogens is 5. The van der Waals surface area contributed by atoms with Crippen LogP contribution in [-0.4, -0.2) is 97.8 Å². The number of hydrogen-bond donors (Lipinski definition) is 2. The normalized spacial score (nSPS) is 11.0. The van der Waals surface area contributed by atoms with Gasteiger partial charge in [0.1, 0.15) is 22.9 Å². The van der Waals surface area contributed by atoms with Crippen LogP contribution in [0.3, 0.4) is 0 Å². The fourth-order valence-electron chi connectivity index (χ4n) is 5.24. The molecule has 20 heteroatoms. The third-order valence-corrected chi connectivity index (χ3v) is 8.11. The summed E-state index contributed by atoms with van der Waals surface area (Å²) in [6, 6.07) is 9.76. The molecule has 0 spiro atoms. The molecule has 1 saturated heterocycles. The van der Waals surface area contributed by atoms with Crippen LogP contribution in [0, 0.1) is 135 Å². The van der Waals surface area contributed by atoms with E-state index in [-0.39, 0.29) is 21.4 Å². The number of piperazine rings is 1. The van der Waals surface area contributed by atoms with Crippen LogP contribution in [0.25, 0.3) is 16.7 Å². The second-order valence-electron chi connectivity index (χ2n) is 12.3. The second-order valence-corrected chi connectivity index (χ2v) is 12.3. The summed E-state index contributed by atoms with van der Waals surface area (Å²) in [7, 11) is 3.38. The van der Waals surface area contributed by atoms with E-state index >= 15 is 0 Å². The van der Waals surface area contributed by atoms with Crippen molar-refractivity contribution in [2.75, 3.05) is 53.6 Å². The molecule has 3 aromatic heterocycles. The first kappa shape index (κ1) is 52.3. The molecule has 5 rings (SSSR count). The molecule has 0 bridgehead atoms. The van der Waals surface area contributed by atoms with Gasteiger partial charge in [0.05, 0.1) is 30.7 Å². The second kappa shape index (κ2) is 32.6. The van der Waals surface area contributed by atoms with Crippen molar-refractivity contribution in [2.45, 2.75) is 26.9 Å². The maximum Gasteiger partial charge on any atom is 0.352 e. The van der Waals surface area contributed by atoms with Gasteiger partial charge in [-0.2, -0.15) is 9.61 Å². The topological polar surface area (TPSA) is 233 Å². The predicted octanol–water partition coefficient (Wildman–Crippen LogP) is 4.99. The van der Waals surface area contributed by atoms with Crippen molar-refractivity contribution in [3.8, 4) is 136 Å². The molecule has 0 aliphatic carbocycles. The minimum atomic E-state index is -0.602. The largest absolute Gasteiger partial charge is 0.497 e. The van der Waals surface area contributed by atoms with Gasteiger partial charge in [-0.1, -0.05) is 29.2 Å². The standard InChI is InChI=1S/C24H29N7O3.C24H6.H3N7O3.11H2/c1-33-12-11-28-7-9-29(10-8-28)15-19-13-21-22(25-14-19)30(24(32)31-23(21)26-17-27-31)16-18-3-5-20(34-2)6-4-18;1-3-5-7-9-11-13-15-17-19-21-23-24-22-20-18-16-14-12-10-8-6-4-2;1-2-3-4-5-6-7(8)10-9;;;;;;;;;;;/h3-6,13-14,17H,7-12,15-16H2,1-2H3;1-2H3;9H,(H2,1,3,5);11*1H. The lowest BCUT2D eigenvalue weighted by atomic mass is 10.2. The predicted molar refractivity (Wildman–Crippen MR) is 272 cm³/mol. The molecule has 358 valence electrons. The average Bonchev–Trinajstić information content (AvgIpc) is 3.87. The molecule has 20 nitrogen and oxygen atoms in total. The number of methoxy groups -OCH3 is 2. The Kier molecular flexibility index (Phi) is 25.1. The van der Waals surface area contributed by atoms with Gasteiger partial charge < -0.3 is 25.5 Å². The number of ether oxygens (including phenoxy) is 2. The molecule has 1 aliphatic rings. The van der Waals surface area contributed by atoms with Crippen LogP contribution in [-0.2, 0) is 22.8 Å². The Morgan fingerprint density at radius 1 is 0.721 bits per heavy atom. The lowest BCUT2D eigenvalue weighted by Crippen LogP contribution is -2.46. The average molecular weight is 929 g/mol. The van der Waals surface area contributed by atoms with Crippen molar-refractivity contribution in [1.29, 1.82) is 0 Å². The third-order valence-electron chi connectivity index (χ3n) is 8.11. The van der Waals surface area contributed by atoms with Crippen LogP contribution in [0.5, 0.6) is 5.75 Å². The molecule has 4 aromatic rings. The minimum absolute atomic E-state index is 0. The Bertz CT molecular complexity index is 3210. The zero-order valence-corrected chi connectivity index (χ0v) is 37.1. The van der Waals surface area contributed by atoms with Gasteiger partial charge in [0.2, 0.25) is 10.4 Å². The molecule has 0 radical (unpaired) electrons. The van der Waals surface area contributed by atoms with Crippen molar-refractivity contribution in [1.82, 2.24) is 33.9 Å². The summed E-state index contributed by atoms with van der Waals surface area (Å²) in [6.45, 7) is 10.4. The smallest absolute Gasteiger partial charge is 0.352 e. The molecule has 68 heavy (non-hydrogen) atoms. The van der Waals surface area contributed by atoms with E-state index in [9.17, 15) is 10.0 Å². The highest BCUT2D eigenvalue weighted by atomic mass is 17.2. The molecule has 1 aromatic carbocycles. The van der Waals surface area contributed by atoms with Crippen molar-refractivity contribution in [3.63, 3.8) is 0 Å². The maximum absolute atomic E-state index is 13.2. The summed E-state index contributed by atoms with van der Waals surface area (Å²) >= 11 is 0. The highest BCUT2D eigenvalue weighted by Gasteiger charge is 2.19. The molecule has 1 fully saturated rings. The van der Waals surface area contributed by atoms with Gasteiger partial charge in [-0.3, -0.25) is 19.6 Å². The quantitative estimate of drug-likeness (QED) is 0.0666. The van der Waals surface area contributed by atoms with Crippen LogP contribution in [0.2, 0.25) is 0 Å². The molecular weight excluding hydrogens is 869 g/mol. The number of nitrogens with zero attached hydrogens (tertiary/aromatic N) is 13. The molecule has 3 N–H and O–H groups in total. The van der Waals surface area contributed by atoms with E-state index in [2.05, 4.69) is 193 Å². The number of benzene rings is 1. The van der Waals surface area contributed by atoms with Crippen LogP contribution in [0.15, 0.2) is 73.8 Å². The SMILES string of the molecule is CC#CC#CC#CC#CC#CC#CC#CC#CC#CC#CC#CC.COCCN1CCN(Cc2cnc3c(c2)c2ncnn2c(=O)n3Cc2ccc(OC)cc2)CC1.NN=NN=NN=[N+]([O-])OO.[HH].[HH].[HH].[HH].[HH].[HH].[HH].[HH].[HH].[HH].[HH]. The van der Waals surface area contributed by atoms with Crippen LogP contribution in [0.4, 0.5) is 0 Å². The summed E-state index contributed by atoms with van der Waals surface area (Å²) in [5.41, 5.74) is 2.95. The molecule has 0 atom stereocenters. The molecule has 4 heterocycles. The van der Waals surface area contributed by atoms with Gasteiger partial charge in [0, 0.05) is 97.2 Å². The van der Waals surface area contributed by atoms with E-state index in [4.69, 9.17) is 19.7 Å². The minimum Gasteiger partial charge on any atom is -0.497 e. The van der Waals surface area contributed by atoms with E-state index < -0.39 is 5.02 Å². The van der Waals surface area contributed by atoms with E-state index in [1.165, 1.54) is 10.8 Å². The fraction of sp³-hybridized carbons (Fsp3) is 0.250. The molecule has 0 unspecified atom stereocenters. The monoisotopic (exact) mass is 928 g/mol. The van der Waals surface area contributed by atoms with Gasteiger partial charge in [-0.15, -0.1) is 0 Å². The molecular formula is C48H60N14O6. The Balaban J connectivity index is -0.000000139. The fourth-order valence-corrected chi connectivity index (χ4v) is 5.24. The number of nitrogens with two attached hydrogens (primary N) is 1. The van der Waals surface area contributed by atoms with Crippen molar-refractivity contribution >= 4 is 16.7 Å². The zero-order chi connectivity index (χ0) is 48.9. The van der Waals surface area contributed by atoms with Crippen LogP contribution < -0.4 is 16.3 Å². The molecule has 0 saturated carbocycles. The van der Waals surface area contributed by atoms with Gasteiger partial charge in [-0.05, 0) is 138 Å². The molecule has 1 aliphatic heterocycles. The van der Waals surface area contributed by atoms with Crippen LogP contribution in [0.1, 0.15) is 40.7 Å². The highest BCUT2D eigenvalue weighted by molar-refractivity contribution is 5.89. The first-order valence-electron chi connectivity index (χ1n) is 19.5. The van der Waals surface area contributed by atoms with Gasteiger partial charge in [0.25, 0.3) is 0 Å². The summed E-state index contributed by atoms with van der Waals surface area (Å²) in [6.07, 6.45) is 3.29. The van der Waals surface area contributed by atoms with Crippen molar-refractivity contribution in [2.24, 2.45) is 32.0 Å². The number of hydrogen-bond acceptors (Lipinski definition) is 12. The first-order valence-corrected chi connectivity index (χ1v) is 19.5. The lowest BCUT2D eigenvalue weighted by molar-refractivity contribution is -0.873. The highest BCUT2D eigenvalue weighted by Crippen LogP contribution is 2.20. The van der Waals surface area contributed by atoms with Crippen LogP contribution >= 0.6 is 0 Å². The van der Waals surface area contributed by atoms with Gasteiger partial charge in [0.15, 0.2) is 5.65 Å². The third kappa shape index (κ3) is 20.0. The maximum atomic E-state index is 13.2. The van der Waals surface area contributed by atoms with E-state index in [0.717, 1.165) is 68.1 Å². The summed E-state index contributed by atoms with van der Waals surface area (Å²) in [4.78, 5) is 30.1. The van der Waals surface area contributed by atoms with Gasteiger partial charge in [-0.25, -0.2) is 14.8 Å². The Hall–Kier alpha value is -10.0. The van der Waals surface area contributed by atoms with E-state index in [1.54, 1.807) is 32.6 Å². The van der Waals surface area contributed by atoms with Gasteiger partial charge >= 0.3 is 5.69 Å². The summed E-state index contributed by atoms with van der Waals surface area (Å²) in [5.74, 6) is 60.8. The first-order chi connectivity index (χ1) is 33.4.